The lowest BCUT2D eigenvalue weighted by molar-refractivity contribution is 0.288. The summed E-state index contributed by atoms with van der Waals surface area (Å²) in [5, 5.41) is 12.1. The van der Waals surface area contributed by atoms with Gasteiger partial charge in [0.2, 0.25) is 0 Å². The van der Waals surface area contributed by atoms with E-state index in [9.17, 15) is 0 Å². The van der Waals surface area contributed by atoms with Crippen LogP contribution in [0.3, 0.4) is 0 Å². The van der Waals surface area contributed by atoms with E-state index in [1.54, 1.807) is 11.8 Å². The number of aromatic nitrogens is 3. The van der Waals surface area contributed by atoms with Crippen LogP contribution in [0.5, 0.6) is 5.75 Å². The number of hydrogen-bond acceptors (Lipinski definition) is 4. The van der Waals surface area contributed by atoms with Gasteiger partial charge < -0.3 is 9.30 Å². The molecule has 0 aliphatic carbocycles. The quantitative estimate of drug-likeness (QED) is 0.411. The molecule has 0 amide bonds. The minimum absolute atomic E-state index is 0.405. The highest BCUT2D eigenvalue weighted by Crippen LogP contribution is 2.27. The van der Waals surface area contributed by atoms with Crippen LogP contribution >= 0.6 is 11.8 Å². The Morgan fingerprint density at radius 1 is 0.929 bits per heavy atom. The van der Waals surface area contributed by atoms with Gasteiger partial charge in [-0.3, -0.25) is 0 Å². The summed E-state index contributed by atoms with van der Waals surface area (Å²) < 4.78 is 8.00. The van der Waals surface area contributed by atoms with Crippen molar-refractivity contribution >= 4 is 22.5 Å². The minimum Gasteiger partial charge on any atom is -0.485 e. The molecule has 142 valence electrons. The maximum atomic E-state index is 5.99. The smallest absolute Gasteiger partial charge is 0.191 e. The first kappa shape index (κ1) is 18.6. The van der Waals surface area contributed by atoms with Gasteiger partial charge in [-0.25, -0.2) is 0 Å². The summed E-state index contributed by atoms with van der Waals surface area (Å²) in [6.07, 6.45) is 0. The second-order valence-corrected chi connectivity index (χ2v) is 7.81. The number of aryl methyl sites for hydroxylation is 1. The number of fused-ring (bicyclic) bond motifs is 1. The zero-order valence-corrected chi connectivity index (χ0v) is 17.2. The van der Waals surface area contributed by atoms with Crippen molar-refractivity contribution in [2.75, 3.05) is 0 Å². The summed E-state index contributed by atoms with van der Waals surface area (Å²) in [7, 11) is 1.99. The van der Waals surface area contributed by atoms with Crippen molar-refractivity contribution in [3.05, 3.63) is 83.2 Å². The number of benzene rings is 3. The first-order valence-electron chi connectivity index (χ1n) is 9.30. The summed E-state index contributed by atoms with van der Waals surface area (Å²) in [5.41, 5.74) is 3.69. The van der Waals surface area contributed by atoms with Crippen LogP contribution in [-0.2, 0) is 19.4 Å². The van der Waals surface area contributed by atoms with Crippen molar-refractivity contribution in [3.63, 3.8) is 0 Å². The van der Waals surface area contributed by atoms with E-state index in [1.807, 2.05) is 23.7 Å². The fourth-order valence-corrected chi connectivity index (χ4v) is 4.11. The van der Waals surface area contributed by atoms with E-state index in [1.165, 1.54) is 21.9 Å². The Bertz CT molecular complexity index is 1110. The van der Waals surface area contributed by atoms with Gasteiger partial charge in [-0.1, -0.05) is 66.4 Å². The van der Waals surface area contributed by atoms with Crippen molar-refractivity contribution in [2.45, 2.75) is 31.4 Å². The molecule has 0 unspecified atom stereocenters. The molecule has 1 aromatic heterocycles. The van der Waals surface area contributed by atoms with Gasteiger partial charge >= 0.3 is 0 Å². The number of hydrogen-bond donors (Lipinski definition) is 0. The Morgan fingerprint density at radius 3 is 2.61 bits per heavy atom. The molecule has 4 aromatic rings. The average Bonchev–Trinajstić information content (AvgIpc) is 3.07. The Hall–Kier alpha value is -2.79. The number of nitrogens with zero attached hydrogens (tertiary/aromatic N) is 3. The Morgan fingerprint density at radius 2 is 1.71 bits per heavy atom. The molecule has 0 bridgehead atoms. The molecule has 1 heterocycles. The molecule has 4 rings (SSSR count). The number of ether oxygens (including phenoxy) is 1. The zero-order chi connectivity index (χ0) is 19.5. The van der Waals surface area contributed by atoms with E-state index in [4.69, 9.17) is 4.74 Å². The van der Waals surface area contributed by atoms with Crippen LogP contribution in [0.25, 0.3) is 10.8 Å². The van der Waals surface area contributed by atoms with Crippen LogP contribution in [0, 0.1) is 13.8 Å². The molecule has 0 saturated carbocycles. The standard InChI is InChI=1S/C23H23N3OS/c1-16-8-6-13-21(17(16)2)27-14-22-24-25-23(26(22)3)28-15-19-11-7-10-18-9-4-5-12-20(18)19/h4-13H,14-15H2,1-3H3. The average molecular weight is 390 g/mol. The van der Waals surface area contributed by atoms with Gasteiger partial charge in [0.1, 0.15) is 12.4 Å². The Labute approximate surface area is 169 Å². The zero-order valence-electron chi connectivity index (χ0n) is 16.3. The van der Waals surface area contributed by atoms with Gasteiger partial charge in [-0.2, -0.15) is 0 Å². The third-order valence-corrected chi connectivity index (χ3v) is 6.14. The monoisotopic (exact) mass is 389 g/mol. The largest absolute Gasteiger partial charge is 0.485 e. The summed E-state index contributed by atoms with van der Waals surface area (Å²) in [4.78, 5) is 0. The van der Waals surface area contributed by atoms with Crippen molar-refractivity contribution in [2.24, 2.45) is 7.05 Å². The van der Waals surface area contributed by atoms with E-state index in [-0.39, 0.29) is 0 Å². The first-order valence-corrected chi connectivity index (χ1v) is 10.3. The lowest BCUT2D eigenvalue weighted by atomic mass is 10.1. The summed E-state index contributed by atoms with van der Waals surface area (Å²) in [6, 6.07) is 21.0. The molecule has 0 spiro atoms. The summed E-state index contributed by atoms with van der Waals surface area (Å²) in [5.74, 6) is 2.57. The molecule has 0 aliphatic heterocycles. The molecular weight excluding hydrogens is 366 g/mol. The predicted molar refractivity (Wildman–Crippen MR) is 115 cm³/mol. The minimum atomic E-state index is 0.405. The highest BCUT2D eigenvalue weighted by atomic mass is 32.2. The third-order valence-electron chi connectivity index (χ3n) is 5.07. The fourth-order valence-electron chi connectivity index (χ4n) is 3.18. The van der Waals surface area contributed by atoms with Crippen LogP contribution in [0.15, 0.2) is 65.8 Å². The molecule has 0 saturated heterocycles. The van der Waals surface area contributed by atoms with E-state index in [0.717, 1.165) is 28.0 Å². The van der Waals surface area contributed by atoms with Crippen LogP contribution in [0.2, 0.25) is 0 Å². The van der Waals surface area contributed by atoms with Gasteiger partial charge in [0.25, 0.3) is 0 Å². The lowest BCUT2D eigenvalue weighted by Gasteiger charge is -2.10. The van der Waals surface area contributed by atoms with Gasteiger partial charge in [-0.05, 0) is 47.4 Å². The van der Waals surface area contributed by atoms with Gasteiger partial charge in [-0.15, -0.1) is 10.2 Å². The van der Waals surface area contributed by atoms with Gasteiger partial charge in [0, 0.05) is 12.8 Å². The lowest BCUT2D eigenvalue weighted by Crippen LogP contribution is -2.05. The van der Waals surface area contributed by atoms with Crippen molar-refractivity contribution in [1.29, 1.82) is 0 Å². The Balaban J connectivity index is 1.45. The Kier molecular flexibility index (Phi) is 5.35. The molecule has 0 N–H and O–H groups in total. The van der Waals surface area contributed by atoms with Gasteiger partial charge in [0.05, 0.1) is 0 Å². The predicted octanol–water partition coefficient (Wildman–Crippen LogP) is 5.46. The van der Waals surface area contributed by atoms with Crippen LogP contribution in [0.1, 0.15) is 22.5 Å². The first-order chi connectivity index (χ1) is 13.6. The molecule has 4 nitrogen and oxygen atoms in total. The maximum absolute atomic E-state index is 5.99. The summed E-state index contributed by atoms with van der Waals surface area (Å²) in [6.45, 7) is 4.57. The van der Waals surface area contributed by atoms with Crippen molar-refractivity contribution in [3.8, 4) is 5.75 Å². The number of thioether (sulfide) groups is 1. The molecule has 0 fully saturated rings. The third kappa shape index (κ3) is 3.76. The van der Waals surface area contributed by atoms with E-state index in [0.29, 0.717) is 6.61 Å². The van der Waals surface area contributed by atoms with E-state index in [2.05, 4.69) is 72.6 Å². The topological polar surface area (TPSA) is 39.9 Å². The molecular formula is C23H23N3OS. The van der Waals surface area contributed by atoms with E-state index >= 15 is 0 Å². The SMILES string of the molecule is Cc1cccc(OCc2nnc(SCc3cccc4ccccc34)n2C)c1C. The van der Waals surface area contributed by atoms with Crippen LogP contribution in [0.4, 0.5) is 0 Å². The molecule has 5 heteroatoms. The highest BCUT2D eigenvalue weighted by Gasteiger charge is 2.12. The normalized spacial score (nSPS) is 11.1. The van der Waals surface area contributed by atoms with Crippen molar-refractivity contribution < 1.29 is 4.74 Å². The second-order valence-electron chi connectivity index (χ2n) is 6.87. The van der Waals surface area contributed by atoms with Crippen LogP contribution in [-0.4, -0.2) is 14.8 Å². The second kappa shape index (κ2) is 8.07. The molecule has 0 atom stereocenters. The number of rotatable bonds is 6. The molecule has 0 radical (unpaired) electrons. The molecule has 3 aromatic carbocycles. The molecule has 0 aliphatic rings. The van der Waals surface area contributed by atoms with E-state index < -0.39 is 0 Å². The molecule has 28 heavy (non-hydrogen) atoms. The fraction of sp³-hybridized carbons (Fsp3) is 0.217. The van der Waals surface area contributed by atoms with Crippen molar-refractivity contribution in [1.82, 2.24) is 14.8 Å². The highest BCUT2D eigenvalue weighted by molar-refractivity contribution is 7.98. The van der Waals surface area contributed by atoms with Gasteiger partial charge in [0.15, 0.2) is 11.0 Å². The van der Waals surface area contributed by atoms with Crippen LogP contribution < -0.4 is 4.74 Å². The maximum Gasteiger partial charge on any atom is 0.191 e. The summed E-state index contributed by atoms with van der Waals surface area (Å²) >= 11 is 1.70.